The summed E-state index contributed by atoms with van der Waals surface area (Å²) in [4.78, 5) is 23.1. The summed E-state index contributed by atoms with van der Waals surface area (Å²) in [6, 6.07) is 5.01. The molecule has 0 aliphatic rings. The monoisotopic (exact) mass is 327 g/mol. The van der Waals surface area contributed by atoms with Gasteiger partial charge in [-0.3, -0.25) is 0 Å². The second-order valence-corrected chi connectivity index (χ2v) is 4.89. The van der Waals surface area contributed by atoms with Gasteiger partial charge in [0, 0.05) is 0 Å². The number of hydrogen-bond donors (Lipinski definition) is 1. The highest BCUT2D eigenvalue weighted by atomic mass is 35.5. The highest BCUT2D eigenvalue weighted by Gasteiger charge is 2.17. The van der Waals surface area contributed by atoms with Gasteiger partial charge in [0.1, 0.15) is 5.70 Å². The molecule has 0 aliphatic heterocycles. The summed E-state index contributed by atoms with van der Waals surface area (Å²) in [6.07, 6.45) is 0.873. The van der Waals surface area contributed by atoms with Crippen LogP contribution in [0.15, 0.2) is 30.0 Å². The van der Waals surface area contributed by atoms with Crippen molar-refractivity contribution in [1.82, 2.24) is 0 Å². The Balaban J connectivity index is 3.18. The van der Waals surface area contributed by atoms with Crippen LogP contribution in [0.1, 0.15) is 13.8 Å². The molecule has 0 unspecified atom stereocenters. The maximum Gasteiger partial charge on any atom is 0.354 e. The number of halogens is 1. The number of anilines is 1. The molecule has 0 amide bonds. The van der Waals surface area contributed by atoms with Crippen molar-refractivity contribution in [2.45, 2.75) is 20.0 Å². The SMILES string of the molecule is COC(=O)/C=C(/Nc1cccc(Cl)c1OC(C)C)C(=O)OC. The van der Waals surface area contributed by atoms with Crippen LogP contribution in [0.2, 0.25) is 5.02 Å². The van der Waals surface area contributed by atoms with E-state index in [0.717, 1.165) is 6.08 Å². The number of carbonyl (C=O) groups excluding carboxylic acids is 2. The molecule has 22 heavy (non-hydrogen) atoms. The van der Waals surface area contributed by atoms with E-state index in [9.17, 15) is 9.59 Å². The van der Waals surface area contributed by atoms with Gasteiger partial charge in [-0.25, -0.2) is 9.59 Å². The van der Waals surface area contributed by atoms with Gasteiger partial charge in [-0.1, -0.05) is 17.7 Å². The van der Waals surface area contributed by atoms with E-state index in [1.54, 1.807) is 18.2 Å². The van der Waals surface area contributed by atoms with E-state index < -0.39 is 11.9 Å². The van der Waals surface area contributed by atoms with Gasteiger partial charge in [0.2, 0.25) is 0 Å². The lowest BCUT2D eigenvalue weighted by molar-refractivity contribution is -0.138. The van der Waals surface area contributed by atoms with Crippen LogP contribution in [0.5, 0.6) is 5.75 Å². The van der Waals surface area contributed by atoms with Gasteiger partial charge < -0.3 is 19.5 Å². The molecule has 0 heterocycles. The number of para-hydroxylation sites is 1. The van der Waals surface area contributed by atoms with E-state index in [-0.39, 0.29) is 11.8 Å². The Morgan fingerprint density at radius 3 is 2.45 bits per heavy atom. The number of benzene rings is 1. The molecular formula is C15H18ClNO5. The molecule has 0 fully saturated rings. The largest absolute Gasteiger partial charge is 0.487 e. The number of hydrogen-bond acceptors (Lipinski definition) is 6. The molecule has 0 bridgehead atoms. The molecule has 7 heteroatoms. The summed E-state index contributed by atoms with van der Waals surface area (Å²) in [5.74, 6) is -1.04. The fourth-order valence-corrected chi connectivity index (χ4v) is 1.76. The minimum Gasteiger partial charge on any atom is -0.487 e. The minimum atomic E-state index is -0.721. The maximum atomic E-state index is 11.8. The number of nitrogens with one attached hydrogen (secondary N) is 1. The third kappa shape index (κ3) is 4.96. The normalized spacial score (nSPS) is 11.1. The first-order valence-electron chi connectivity index (χ1n) is 6.49. The third-order valence-electron chi connectivity index (χ3n) is 2.46. The average Bonchev–Trinajstić information content (AvgIpc) is 2.48. The summed E-state index contributed by atoms with van der Waals surface area (Å²) < 4.78 is 14.8. The van der Waals surface area contributed by atoms with Gasteiger partial charge in [-0.2, -0.15) is 0 Å². The fourth-order valence-electron chi connectivity index (χ4n) is 1.54. The number of methoxy groups -OCH3 is 2. The van der Waals surface area contributed by atoms with E-state index in [1.807, 2.05) is 13.8 Å². The minimum absolute atomic E-state index is 0.0924. The zero-order chi connectivity index (χ0) is 16.7. The Morgan fingerprint density at radius 1 is 1.23 bits per heavy atom. The van der Waals surface area contributed by atoms with Crippen molar-refractivity contribution in [2.24, 2.45) is 0 Å². The van der Waals surface area contributed by atoms with Gasteiger partial charge in [0.05, 0.1) is 37.1 Å². The van der Waals surface area contributed by atoms with E-state index in [4.69, 9.17) is 16.3 Å². The second kappa shape index (κ2) is 8.29. The Bertz CT molecular complexity index is 583. The molecule has 0 atom stereocenters. The van der Waals surface area contributed by atoms with E-state index in [0.29, 0.717) is 16.5 Å². The van der Waals surface area contributed by atoms with Gasteiger partial charge in [0.15, 0.2) is 5.75 Å². The molecule has 1 aromatic rings. The summed E-state index contributed by atoms with van der Waals surface area (Å²) in [5, 5.41) is 3.16. The fraction of sp³-hybridized carbons (Fsp3) is 0.333. The van der Waals surface area contributed by atoms with Crippen LogP contribution >= 0.6 is 11.6 Å². The van der Waals surface area contributed by atoms with Gasteiger partial charge in [-0.05, 0) is 26.0 Å². The van der Waals surface area contributed by atoms with E-state index >= 15 is 0 Å². The van der Waals surface area contributed by atoms with Crippen molar-refractivity contribution in [2.75, 3.05) is 19.5 Å². The average molecular weight is 328 g/mol. The molecule has 1 aromatic carbocycles. The van der Waals surface area contributed by atoms with Crippen LogP contribution in [0, 0.1) is 0 Å². The molecule has 0 saturated heterocycles. The van der Waals surface area contributed by atoms with Gasteiger partial charge >= 0.3 is 11.9 Å². The topological polar surface area (TPSA) is 73.9 Å². The molecule has 120 valence electrons. The first-order chi connectivity index (χ1) is 10.4. The highest BCUT2D eigenvalue weighted by molar-refractivity contribution is 6.32. The summed E-state index contributed by atoms with van der Waals surface area (Å²) in [7, 11) is 2.42. The van der Waals surface area contributed by atoms with Crippen molar-refractivity contribution in [3.05, 3.63) is 35.0 Å². The van der Waals surface area contributed by atoms with Crippen LogP contribution in [-0.4, -0.2) is 32.3 Å². The summed E-state index contributed by atoms with van der Waals surface area (Å²) in [6.45, 7) is 3.69. The van der Waals surface area contributed by atoms with Crippen LogP contribution in [0.4, 0.5) is 5.69 Å². The molecule has 6 nitrogen and oxygen atoms in total. The molecule has 0 aromatic heterocycles. The van der Waals surface area contributed by atoms with Gasteiger partial charge in [-0.15, -0.1) is 0 Å². The first-order valence-corrected chi connectivity index (χ1v) is 6.87. The Kier molecular flexibility index (Phi) is 6.72. The lowest BCUT2D eigenvalue weighted by atomic mass is 10.2. The molecule has 1 N–H and O–H groups in total. The summed E-state index contributed by atoms with van der Waals surface area (Å²) >= 11 is 6.11. The summed E-state index contributed by atoms with van der Waals surface area (Å²) in [5.41, 5.74) is 0.340. The predicted octanol–water partition coefficient (Wildman–Crippen LogP) is 2.77. The lowest BCUT2D eigenvalue weighted by Crippen LogP contribution is -2.16. The van der Waals surface area contributed by atoms with E-state index in [2.05, 4.69) is 14.8 Å². The zero-order valence-electron chi connectivity index (χ0n) is 12.8. The lowest BCUT2D eigenvalue weighted by Gasteiger charge is -2.17. The number of carbonyl (C=O) groups is 2. The molecule has 0 radical (unpaired) electrons. The molecule has 0 spiro atoms. The van der Waals surface area contributed by atoms with Crippen molar-refractivity contribution in [3.8, 4) is 5.75 Å². The van der Waals surface area contributed by atoms with Crippen LogP contribution < -0.4 is 10.1 Å². The molecule has 1 rings (SSSR count). The zero-order valence-corrected chi connectivity index (χ0v) is 13.6. The Hall–Kier alpha value is -2.21. The van der Waals surface area contributed by atoms with Crippen molar-refractivity contribution in [3.63, 3.8) is 0 Å². The standard InChI is InChI=1S/C15H18ClNO5/c1-9(2)22-14-10(16)6-5-7-11(14)17-12(15(19)21-4)8-13(18)20-3/h5-9,17H,1-4H3/b12-8+. The first kappa shape index (κ1) is 17.8. The predicted molar refractivity (Wildman–Crippen MR) is 83.0 cm³/mol. The Morgan fingerprint density at radius 2 is 1.91 bits per heavy atom. The van der Waals surface area contributed by atoms with Crippen molar-refractivity contribution < 1.29 is 23.8 Å². The van der Waals surface area contributed by atoms with Crippen molar-refractivity contribution in [1.29, 1.82) is 0 Å². The van der Waals surface area contributed by atoms with Gasteiger partial charge in [0.25, 0.3) is 0 Å². The number of rotatable bonds is 6. The highest BCUT2D eigenvalue weighted by Crippen LogP contribution is 2.34. The number of ether oxygens (including phenoxy) is 3. The Labute approximate surface area is 134 Å². The molecule has 0 saturated carbocycles. The molecular weight excluding hydrogens is 310 g/mol. The van der Waals surface area contributed by atoms with Crippen molar-refractivity contribution >= 4 is 29.2 Å². The number of esters is 2. The van der Waals surface area contributed by atoms with Crippen LogP contribution in [-0.2, 0) is 19.1 Å². The third-order valence-corrected chi connectivity index (χ3v) is 2.76. The quantitative estimate of drug-likeness (QED) is 0.639. The van der Waals surface area contributed by atoms with Crippen LogP contribution in [0.3, 0.4) is 0 Å². The van der Waals surface area contributed by atoms with E-state index in [1.165, 1.54) is 14.2 Å². The smallest absolute Gasteiger partial charge is 0.354 e. The second-order valence-electron chi connectivity index (χ2n) is 4.48. The molecule has 0 aliphatic carbocycles. The maximum absolute atomic E-state index is 11.8. The van der Waals surface area contributed by atoms with Crippen LogP contribution in [0.25, 0.3) is 0 Å².